The maximum absolute atomic E-state index is 12.7. The number of rotatable bonds is 7. The van der Waals surface area contributed by atoms with Gasteiger partial charge in [0.2, 0.25) is 9.47 Å². The molecule has 0 atom stereocenters. The highest BCUT2D eigenvalue weighted by molar-refractivity contribution is 7.91. The van der Waals surface area contributed by atoms with Crippen molar-refractivity contribution in [2.45, 2.75) is 10.9 Å². The molecule has 3 aromatic rings. The van der Waals surface area contributed by atoms with Crippen LogP contribution < -0.4 is 10.1 Å². The van der Waals surface area contributed by atoms with E-state index in [4.69, 9.17) is 16.3 Å². The Morgan fingerprint density at radius 1 is 1.14 bits per heavy atom. The molecule has 2 aromatic carbocycles. The SMILES string of the molecule is COc1ccc(C(=O)Nc2nnc(S(=O)(=O)N(C)Cc3ccc(Cl)cc3)s2)cc1. The van der Waals surface area contributed by atoms with Crippen molar-refractivity contribution in [3.8, 4) is 5.75 Å². The summed E-state index contributed by atoms with van der Waals surface area (Å²) in [5.74, 6) is 0.192. The van der Waals surface area contributed by atoms with Crippen LogP contribution in [0, 0.1) is 0 Å². The molecule has 152 valence electrons. The quantitative estimate of drug-likeness (QED) is 0.552. The van der Waals surface area contributed by atoms with Gasteiger partial charge in [0.1, 0.15) is 5.75 Å². The maximum Gasteiger partial charge on any atom is 0.272 e. The van der Waals surface area contributed by atoms with Gasteiger partial charge in [0.05, 0.1) is 7.11 Å². The average Bonchev–Trinajstić information content (AvgIpc) is 3.19. The third kappa shape index (κ3) is 5.10. The Bertz CT molecular complexity index is 1100. The number of aromatic nitrogens is 2. The molecule has 0 radical (unpaired) electrons. The van der Waals surface area contributed by atoms with Crippen LogP contribution in [0.2, 0.25) is 5.02 Å². The summed E-state index contributed by atoms with van der Waals surface area (Å²) in [7, 11) is -0.883. The highest BCUT2D eigenvalue weighted by Crippen LogP contribution is 2.24. The van der Waals surface area contributed by atoms with Crippen molar-refractivity contribution in [3.63, 3.8) is 0 Å². The largest absolute Gasteiger partial charge is 0.497 e. The van der Waals surface area contributed by atoms with Crippen molar-refractivity contribution in [2.75, 3.05) is 19.5 Å². The Morgan fingerprint density at radius 3 is 2.41 bits per heavy atom. The summed E-state index contributed by atoms with van der Waals surface area (Å²) in [6.45, 7) is 0.145. The molecule has 29 heavy (non-hydrogen) atoms. The summed E-state index contributed by atoms with van der Waals surface area (Å²) in [4.78, 5) is 12.3. The number of carbonyl (C=O) groups is 1. The smallest absolute Gasteiger partial charge is 0.272 e. The first-order valence-corrected chi connectivity index (χ1v) is 10.9. The molecule has 0 spiro atoms. The van der Waals surface area contributed by atoms with E-state index < -0.39 is 15.9 Å². The minimum atomic E-state index is -3.86. The van der Waals surface area contributed by atoms with Crippen molar-refractivity contribution in [1.82, 2.24) is 14.5 Å². The molecule has 0 aliphatic heterocycles. The van der Waals surface area contributed by atoms with Gasteiger partial charge in [0.25, 0.3) is 15.9 Å². The Hall–Kier alpha value is -2.53. The van der Waals surface area contributed by atoms with E-state index in [1.54, 1.807) is 48.5 Å². The number of ether oxygens (including phenoxy) is 1. The molecule has 1 N–H and O–H groups in total. The zero-order valence-corrected chi connectivity index (χ0v) is 17.9. The number of sulfonamides is 1. The van der Waals surface area contributed by atoms with Gasteiger partial charge in [-0.15, -0.1) is 10.2 Å². The fourth-order valence-corrected chi connectivity index (χ4v) is 4.71. The number of halogens is 1. The first-order chi connectivity index (χ1) is 13.8. The predicted molar refractivity (Wildman–Crippen MR) is 111 cm³/mol. The second-order valence-electron chi connectivity index (χ2n) is 5.94. The fourth-order valence-electron chi connectivity index (χ4n) is 2.34. The van der Waals surface area contributed by atoms with Gasteiger partial charge in [-0.05, 0) is 42.0 Å². The van der Waals surface area contributed by atoms with E-state index in [1.165, 1.54) is 14.2 Å². The summed E-state index contributed by atoms with van der Waals surface area (Å²) >= 11 is 6.63. The first kappa shape index (κ1) is 21.2. The molecule has 0 unspecified atom stereocenters. The average molecular weight is 453 g/mol. The molecule has 1 amide bonds. The molecule has 1 heterocycles. The lowest BCUT2D eigenvalue weighted by Gasteiger charge is -2.14. The Balaban J connectivity index is 1.70. The van der Waals surface area contributed by atoms with Gasteiger partial charge < -0.3 is 4.74 Å². The summed E-state index contributed by atoms with van der Waals surface area (Å²) in [5, 5.41) is 10.7. The van der Waals surface area contributed by atoms with Crippen LogP contribution in [0.4, 0.5) is 5.13 Å². The van der Waals surface area contributed by atoms with Gasteiger partial charge in [-0.2, -0.15) is 4.31 Å². The number of anilines is 1. The summed E-state index contributed by atoms with van der Waals surface area (Å²) in [6, 6.07) is 13.3. The van der Waals surface area contributed by atoms with Crippen LogP contribution in [0.15, 0.2) is 52.9 Å². The van der Waals surface area contributed by atoms with Gasteiger partial charge in [0, 0.05) is 24.2 Å². The number of benzene rings is 2. The van der Waals surface area contributed by atoms with Crippen molar-refractivity contribution >= 4 is 44.0 Å². The number of methoxy groups -OCH3 is 1. The van der Waals surface area contributed by atoms with Crippen molar-refractivity contribution < 1.29 is 17.9 Å². The molecule has 0 aliphatic rings. The minimum Gasteiger partial charge on any atom is -0.497 e. The van der Waals surface area contributed by atoms with Crippen LogP contribution >= 0.6 is 22.9 Å². The number of amides is 1. The number of nitrogens with one attached hydrogen (secondary N) is 1. The van der Waals surface area contributed by atoms with Crippen molar-refractivity contribution in [3.05, 3.63) is 64.7 Å². The molecule has 1 aromatic heterocycles. The summed E-state index contributed by atoms with van der Waals surface area (Å²) in [6.07, 6.45) is 0. The predicted octanol–water partition coefficient (Wildman–Crippen LogP) is 3.27. The lowest BCUT2D eigenvalue weighted by Crippen LogP contribution is -2.26. The lowest BCUT2D eigenvalue weighted by atomic mass is 10.2. The van der Waals surface area contributed by atoms with Gasteiger partial charge in [0.15, 0.2) is 0 Å². The van der Waals surface area contributed by atoms with E-state index in [1.807, 2.05) is 0 Å². The molecule has 11 heteroatoms. The van der Waals surface area contributed by atoms with E-state index in [-0.39, 0.29) is 16.0 Å². The molecular formula is C18H17ClN4O4S2. The van der Waals surface area contributed by atoms with Crippen LogP contribution in [0.1, 0.15) is 15.9 Å². The standard InChI is InChI=1S/C18H17ClN4O4S2/c1-23(11-12-3-7-14(19)8-4-12)29(25,26)18-22-21-17(28-18)20-16(24)13-5-9-15(27-2)10-6-13/h3-10H,11H2,1-2H3,(H,20,21,24). The number of nitrogens with zero attached hydrogens (tertiary/aromatic N) is 3. The Morgan fingerprint density at radius 2 is 1.79 bits per heavy atom. The molecule has 0 fully saturated rings. The van der Waals surface area contributed by atoms with Gasteiger partial charge >= 0.3 is 0 Å². The highest BCUT2D eigenvalue weighted by Gasteiger charge is 2.26. The van der Waals surface area contributed by atoms with Gasteiger partial charge in [-0.25, -0.2) is 8.42 Å². The number of hydrogen-bond donors (Lipinski definition) is 1. The van der Waals surface area contributed by atoms with Gasteiger partial charge in [-0.3, -0.25) is 10.1 Å². The van der Waals surface area contributed by atoms with Crippen molar-refractivity contribution in [2.24, 2.45) is 0 Å². The van der Waals surface area contributed by atoms with E-state index in [0.29, 0.717) is 16.3 Å². The van der Waals surface area contributed by atoms with Crippen molar-refractivity contribution in [1.29, 1.82) is 0 Å². The second-order valence-corrected chi connectivity index (χ2v) is 9.58. The van der Waals surface area contributed by atoms with E-state index in [0.717, 1.165) is 21.2 Å². The zero-order valence-electron chi connectivity index (χ0n) is 15.5. The van der Waals surface area contributed by atoms with E-state index in [2.05, 4.69) is 15.5 Å². The van der Waals surface area contributed by atoms with E-state index >= 15 is 0 Å². The maximum atomic E-state index is 12.7. The van der Waals surface area contributed by atoms with Crippen LogP contribution in [-0.4, -0.2) is 43.0 Å². The normalized spacial score (nSPS) is 11.4. The third-order valence-corrected chi connectivity index (χ3v) is 7.17. The first-order valence-electron chi connectivity index (χ1n) is 8.29. The molecule has 8 nitrogen and oxygen atoms in total. The molecule has 0 saturated carbocycles. The number of carbonyl (C=O) groups excluding carboxylic acids is 1. The fraction of sp³-hybridized carbons (Fsp3) is 0.167. The molecule has 0 saturated heterocycles. The van der Waals surface area contributed by atoms with Gasteiger partial charge in [-0.1, -0.05) is 35.1 Å². The molecule has 0 bridgehead atoms. The molecule has 0 aliphatic carbocycles. The summed E-state index contributed by atoms with van der Waals surface area (Å²) < 4.78 is 31.4. The van der Waals surface area contributed by atoms with Crippen LogP contribution in [0.5, 0.6) is 5.75 Å². The zero-order chi connectivity index (χ0) is 21.0. The molecular weight excluding hydrogens is 436 g/mol. The topological polar surface area (TPSA) is 101 Å². The minimum absolute atomic E-state index is 0.0873. The van der Waals surface area contributed by atoms with Crippen LogP contribution in [-0.2, 0) is 16.6 Å². The molecule has 3 rings (SSSR count). The lowest BCUT2D eigenvalue weighted by molar-refractivity contribution is 0.102. The Labute approximate surface area is 177 Å². The van der Waals surface area contributed by atoms with E-state index in [9.17, 15) is 13.2 Å². The summed E-state index contributed by atoms with van der Waals surface area (Å²) in [5.41, 5.74) is 1.16. The Kier molecular flexibility index (Phi) is 6.48. The highest BCUT2D eigenvalue weighted by atomic mass is 35.5. The monoisotopic (exact) mass is 452 g/mol. The third-order valence-electron chi connectivity index (χ3n) is 3.93. The van der Waals surface area contributed by atoms with Crippen LogP contribution in [0.3, 0.4) is 0 Å². The number of hydrogen-bond acceptors (Lipinski definition) is 7. The second kappa shape index (κ2) is 8.87. The van der Waals surface area contributed by atoms with Crippen LogP contribution in [0.25, 0.3) is 0 Å².